The standard InChI is InChI=1S/C16H14FNO2/c1-2-11-3-5-12(6-4-11)16(20-19)13-7-8-14(10-18)15(17)9-13/h3-9,16,19H,2H2,1H3. The van der Waals surface area contributed by atoms with E-state index in [-0.39, 0.29) is 5.56 Å². The van der Waals surface area contributed by atoms with Gasteiger partial charge in [0.1, 0.15) is 18.0 Å². The number of rotatable bonds is 4. The first kappa shape index (κ1) is 14.2. The predicted octanol–water partition coefficient (Wildman–Crippen LogP) is 3.84. The molecule has 1 unspecified atom stereocenters. The number of hydrogen-bond donors (Lipinski definition) is 1. The molecule has 0 fully saturated rings. The molecule has 0 bridgehead atoms. The molecule has 102 valence electrons. The van der Waals surface area contributed by atoms with E-state index >= 15 is 0 Å². The molecule has 2 rings (SSSR count). The zero-order valence-electron chi connectivity index (χ0n) is 11.0. The summed E-state index contributed by atoms with van der Waals surface area (Å²) in [5.41, 5.74) is 2.30. The first-order valence-corrected chi connectivity index (χ1v) is 6.28. The molecule has 0 heterocycles. The van der Waals surface area contributed by atoms with Crippen LogP contribution in [-0.4, -0.2) is 5.26 Å². The maximum absolute atomic E-state index is 13.6. The van der Waals surface area contributed by atoms with Crippen molar-refractivity contribution in [2.75, 3.05) is 0 Å². The Bertz CT molecular complexity index is 632. The number of halogens is 1. The van der Waals surface area contributed by atoms with Crippen molar-refractivity contribution >= 4 is 0 Å². The monoisotopic (exact) mass is 271 g/mol. The SMILES string of the molecule is CCc1ccc(C(OO)c2ccc(C#N)c(F)c2)cc1. The van der Waals surface area contributed by atoms with E-state index in [4.69, 9.17) is 10.5 Å². The quantitative estimate of drug-likeness (QED) is 0.679. The topological polar surface area (TPSA) is 53.2 Å². The average Bonchev–Trinajstić information content (AvgIpc) is 2.49. The number of aryl methyl sites for hydroxylation is 1. The summed E-state index contributed by atoms with van der Waals surface area (Å²) < 4.78 is 13.6. The van der Waals surface area contributed by atoms with Gasteiger partial charge in [-0.05, 0) is 35.2 Å². The summed E-state index contributed by atoms with van der Waals surface area (Å²) in [6, 6.07) is 13.4. The molecule has 2 aromatic rings. The summed E-state index contributed by atoms with van der Waals surface area (Å²) in [4.78, 5) is 4.47. The van der Waals surface area contributed by atoms with E-state index in [1.54, 1.807) is 12.1 Å². The van der Waals surface area contributed by atoms with Gasteiger partial charge in [-0.3, -0.25) is 5.26 Å². The van der Waals surface area contributed by atoms with Crippen molar-refractivity contribution in [1.82, 2.24) is 0 Å². The molecule has 0 aliphatic rings. The fourth-order valence-electron chi connectivity index (χ4n) is 2.03. The molecular weight excluding hydrogens is 257 g/mol. The number of nitriles is 1. The van der Waals surface area contributed by atoms with Crippen molar-refractivity contribution in [1.29, 1.82) is 5.26 Å². The molecule has 3 nitrogen and oxygen atoms in total. The van der Waals surface area contributed by atoms with Gasteiger partial charge in [-0.15, -0.1) is 0 Å². The third-order valence-corrected chi connectivity index (χ3v) is 3.21. The molecule has 1 atom stereocenters. The van der Waals surface area contributed by atoms with Crippen LogP contribution in [0.25, 0.3) is 0 Å². The van der Waals surface area contributed by atoms with Crippen LogP contribution in [0.5, 0.6) is 0 Å². The number of benzene rings is 2. The number of hydrogen-bond acceptors (Lipinski definition) is 3. The van der Waals surface area contributed by atoms with E-state index in [9.17, 15) is 4.39 Å². The highest BCUT2D eigenvalue weighted by Crippen LogP contribution is 2.26. The van der Waals surface area contributed by atoms with Crippen LogP contribution in [0.3, 0.4) is 0 Å². The summed E-state index contributed by atoms with van der Waals surface area (Å²) in [6.45, 7) is 2.05. The van der Waals surface area contributed by atoms with E-state index < -0.39 is 11.9 Å². The summed E-state index contributed by atoms with van der Waals surface area (Å²) >= 11 is 0. The van der Waals surface area contributed by atoms with Crippen molar-refractivity contribution in [3.05, 3.63) is 70.5 Å². The van der Waals surface area contributed by atoms with Gasteiger partial charge < -0.3 is 0 Å². The first-order chi connectivity index (χ1) is 9.69. The van der Waals surface area contributed by atoms with Crippen LogP contribution in [0.4, 0.5) is 4.39 Å². The smallest absolute Gasteiger partial charge is 0.143 e. The van der Waals surface area contributed by atoms with Gasteiger partial charge in [-0.25, -0.2) is 9.28 Å². The van der Waals surface area contributed by atoms with Crippen LogP contribution in [0.15, 0.2) is 42.5 Å². The molecule has 0 amide bonds. The third-order valence-electron chi connectivity index (χ3n) is 3.21. The molecule has 20 heavy (non-hydrogen) atoms. The Morgan fingerprint density at radius 2 is 1.85 bits per heavy atom. The third kappa shape index (κ3) is 2.85. The lowest BCUT2D eigenvalue weighted by molar-refractivity contribution is -0.270. The lowest BCUT2D eigenvalue weighted by Crippen LogP contribution is -2.05. The maximum atomic E-state index is 13.6. The minimum Gasteiger partial charge on any atom is -0.251 e. The minimum atomic E-state index is -0.775. The summed E-state index contributed by atoms with van der Waals surface area (Å²) in [7, 11) is 0. The molecule has 4 heteroatoms. The maximum Gasteiger partial charge on any atom is 0.143 e. The van der Waals surface area contributed by atoms with Crippen molar-refractivity contribution in [2.24, 2.45) is 0 Å². The normalized spacial score (nSPS) is 11.9. The summed E-state index contributed by atoms with van der Waals surface area (Å²) in [5, 5.41) is 17.8. The van der Waals surface area contributed by atoms with E-state index in [2.05, 4.69) is 4.89 Å². The molecule has 1 N–H and O–H groups in total. The highest BCUT2D eigenvalue weighted by molar-refractivity contribution is 5.38. The Morgan fingerprint density at radius 1 is 1.20 bits per heavy atom. The lowest BCUT2D eigenvalue weighted by atomic mass is 9.99. The molecule has 0 aliphatic heterocycles. The van der Waals surface area contributed by atoms with E-state index in [0.29, 0.717) is 11.1 Å². The second-order valence-electron chi connectivity index (χ2n) is 4.43. The van der Waals surface area contributed by atoms with Crippen LogP contribution < -0.4 is 0 Å². The van der Waals surface area contributed by atoms with Crippen LogP contribution in [0, 0.1) is 17.1 Å². The molecule has 0 saturated carbocycles. The Morgan fingerprint density at radius 3 is 2.35 bits per heavy atom. The van der Waals surface area contributed by atoms with E-state index in [1.165, 1.54) is 12.1 Å². The zero-order chi connectivity index (χ0) is 14.5. The van der Waals surface area contributed by atoms with Crippen LogP contribution >= 0.6 is 0 Å². The highest BCUT2D eigenvalue weighted by Gasteiger charge is 2.16. The van der Waals surface area contributed by atoms with Crippen LogP contribution in [0.2, 0.25) is 0 Å². The number of nitrogens with zero attached hydrogens (tertiary/aromatic N) is 1. The van der Waals surface area contributed by atoms with Gasteiger partial charge in [0.25, 0.3) is 0 Å². The molecular formula is C16H14FNO2. The van der Waals surface area contributed by atoms with Gasteiger partial charge in [0, 0.05) is 0 Å². The van der Waals surface area contributed by atoms with Gasteiger partial charge >= 0.3 is 0 Å². The van der Waals surface area contributed by atoms with Gasteiger partial charge in [0.15, 0.2) is 0 Å². The van der Waals surface area contributed by atoms with Crippen molar-refractivity contribution < 1.29 is 14.5 Å². The van der Waals surface area contributed by atoms with Gasteiger partial charge in [-0.1, -0.05) is 37.3 Å². The second-order valence-corrected chi connectivity index (χ2v) is 4.43. The summed E-state index contributed by atoms with van der Waals surface area (Å²) in [6.07, 6.45) is 0.138. The molecule has 2 aromatic carbocycles. The van der Waals surface area contributed by atoms with Gasteiger partial charge in [0.2, 0.25) is 0 Å². The molecule has 0 aromatic heterocycles. The Kier molecular flexibility index (Phi) is 4.46. The second kappa shape index (κ2) is 6.29. The minimum absolute atomic E-state index is 0.0354. The van der Waals surface area contributed by atoms with Crippen LogP contribution in [0.1, 0.15) is 35.3 Å². The lowest BCUT2D eigenvalue weighted by Gasteiger charge is -2.15. The molecule has 0 aliphatic carbocycles. The zero-order valence-corrected chi connectivity index (χ0v) is 11.0. The predicted molar refractivity (Wildman–Crippen MR) is 72.5 cm³/mol. The first-order valence-electron chi connectivity index (χ1n) is 6.28. The highest BCUT2D eigenvalue weighted by atomic mass is 19.1. The average molecular weight is 271 g/mol. The Labute approximate surface area is 116 Å². The van der Waals surface area contributed by atoms with Gasteiger partial charge in [0.05, 0.1) is 5.56 Å². The van der Waals surface area contributed by atoms with E-state index in [1.807, 2.05) is 31.2 Å². The van der Waals surface area contributed by atoms with Crippen LogP contribution in [-0.2, 0) is 11.3 Å². The molecule has 0 saturated heterocycles. The Balaban J connectivity index is 2.36. The summed E-state index contributed by atoms with van der Waals surface area (Å²) in [5.74, 6) is -0.628. The Hall–Kier alpha value is -2.22. The van der Waals surface area contributed by atoms with Crippen molar-refractivity contribution in [3.8, 4) is 6.07 Å². The molecule has 0 spiro atoms. The van der Waals surface area contributed by atoms with Gasteiger partial charge in [-0.2, -0.15) is 5.26 Å². The fourth-order valence-corrected chi connectivity index (χ4v) is 2.03. The van der Waals surface area contributed by atoms with Crippen molar-refractivity contribution in [2.45, 2.75) is 19.4 Å². The van der Waals surface area contributed by atoms with E-state index in [0.717, 1.165) is 12.0 Å². The van der Waals surface area contributed by atoms with Crippen molar-refractivity contribution in [3.63, 3.8) is 0 Å². The fraction of sp³-hybridized carbons (Fsp3) is 0.188. The largest absolute Gasteiger partial charge is 0.251 e. The molecule has 0 radical (unpaired) electrons.